The molecule has 20 heavy (non-hydrogen) atoms. The third-order valence-electron chi connectivity index (χ3n) is 2.66. The van der Waals surface area contributed by atoms with Crippen molar-refractivity contribution in [2.45, 2.75) is 0 Å². The maximum atomic E-state index is 13.8. The molecule has 0 saturated heterocycles. The van der Waals surface area contributed by atoms with Gasteiger partial charge in [0.1, 0.15) is 11.6 Å². The predicted molar refractivity (Wildman–Crippen MR) is 79.5 cm³/mol. The fourth-order valence-corrected chi connectivity index (χ4v) is 2.12. The third-order valence-corrected chi connectivity index (χ3v) is 3.32. The summed E-state index contributed by atoms with van der Waals surface area (Å²) in [7, 11) is 1.43. The lowest BCUT2D eigenvalue weighted by Crippen LogP contribution is -2.14. The van der Waals surface area contributed by atoms with E-state index in [9.17, 15) is 9.18 Å². The highest BCUT2D eigenvalue weighted by Gasteiger charge is 2.14. The minimum Gasteiger partial charge on any atom is -0.497 e. The molecule has 0 saturated carbocycles. The van der Waals surface area contributed by atoms with E-state index >= 15 is 0 Å². The number of amides is 1. The summed E-state index contributed by atoms with van der Waals surface area (Å²) in [6.07, 6.45) is 0. The van der Waals surface area contributed by atoms with E-state index < -0.39 is 11.7 Å². The van der Waals surface area contributed by atoms with Gasteiger partial charge in [0.25, 0.3) is 5.91 Å². The molecule has 0 heterocycles. The van der Waals surface area contributed by atoms with Crippen LogP contribution in [-0.4, -0.2) is 13.0 Å². The standard InChI is InChI=1S/C14H12BrFN2O2/c1-20-9-3-4-10(12(16)7-9)14(19)18-13-5-2-8(17)6-11(13)15/h2-7H,17H2,1H3,(H,18,19). The van der Waals surface area contributed by atoms with Crippen molar-refractivity contribution in [2.24, 2.45) is 0 Å². The van der Waals surface area contributed by atoms with E-state index in [0.29, 0.717) is 21.6 Å². The van der Waals surface area contributed by atoms with E-state index in [1.807, 2.05) is 0 Å². The first-order valence-corrected chi connectivity index (χ1v) is 6.50. The van der Waals surface area contributed by atoms with Crippen molar-refractivity contribution in [1.82, 2.24) is 0 Å². The van der Waals surface area contributed by atoms with E-state index in [4.69, 9.17) is 10.5 Å². The van der Waals surface area contributed by atoms with E-state index in [1.54, 1.807) is 18.2 Å². The lowest BCUT2D eigenvalue weighted by molar-refractivity contribution is 0.102. The number of benzene rings is 2. The van der Waals surface area contributed by atoms with Crippen LogP contribution in [0.5, 0.6) is 5.75 Å². The van der Waals surface area contributed by atoms with Crippen LogP contribution in [0.3, 0.4) is 0 Å². The molecule has 4 nitrogen and oxygen atoms in total. The lowest BCUT2D eigenvalue weighted by atomic mass is 10.2. The van der Waals surface area contributed by atoms with Crippen LogP contribution >= 0.6 is 15.9 Å². The molecule has 0 bridgehead atoms. The number of carbonyl (C=O) groups is 1. The Morgan fingerprint density at radius 1 is 1.30 bits per heavy atom. The van der Waals surface area contributed by atoms with Crippen LogP contribution in [-0.2, 0) is 0 Å². The number of carbonyl (C=O) groups excluding carboxylic acids is 1. The van der Waals surface area contributed by atoms with Crippen molar-refractivity contribution in [3.8, 4) is 5.75 Å². The Kier molecular flexibility index (Phi) is 4.24. The number of methoxy groups -OCH3 is 1. The fourth-order valence-electron chi connectivity index (χ4n) is 1.63. The van der Waals surface area contributed by atoms with Gasteiger partial charge in [-0.15, -0.1) is 0 Å². The second kappa shape index (κ2) is 5.92. The molecule has 6 heteroatoms. The number of ether oxygens (including phenoxy) is 1. The molecule has 0 aromatic heterocycles. The Balaban J connectivity index is 2.24. The first-order valence-electron chi connectivity index (χ1n) is 5.71. The number of nitrogens with two attached hydrogens (primary N) is 1. The molecule has 0 unspecified atom stereocenters. The van der Waals surface area contributed by atoms with E-state index in [1.165, 1.54) is 19.2 Å². The minimum atomic E-state index is -0.645. The average Bonchev–Trinajstić information content (AvgIpc) is 2.41. The van der Waals surface area contributed by atoms with Gasteiger partial charge in [-0.3, -0.25) is 4.79 Å². The summed E-state index contributed by atoms with van der Waals surface area (Å²) in [5.74, 6) is -0.836. The summed E-state index contributed by atoms with van der Waals surface area (Å²) in [5.41, 5.74) is 6.62. The second-order valence-electron chi connectivity index (χ2n) is 4.04. The summed E-state index contributed by atoms with van der Waals surface area (Å²) in [6, 6.07) is 8.99. The van der Waals surface area contributed by atoms with Gasteiger partial charge in [0.2, 0.25) is 0 Å². The SMILES string of the molecule is COc1ccc(C(=O)Nc2ccc(N)cc2Br)c(F)c1. The van der Waals surface area contributed by atoms with Gasteiger partial charge >= 0.3 is 0 Å². The summed E-state index contributed by atoms with van der Waals surface area (Å²) in [6.45, 7) is 0. The molecule has 0 aliphatic carbocycles. The van der Waals surface area contributed by atoms with Crippen LogP contribution in [0.2, 0.25) is 0 Å². The molecule has 0 spiro atoms. The molecule has 2 aromatic carbocycles. The normalized spacial score (nSPS) is 10.2. The third kappa shape index (κ3) is 3.08. The number of halogens is 2. The molecule has 0 radical (unpaired) electrons. The van der Waals surface area contributed by atoms with Gasteiger partial charge < -0.3 is 15.8 Å². The highest BCUT2D eigenvalue weighted by atomic mass is 79.9. The summed E-state index contributed by atoms with van der Waals surface area (Å²) in [5, 5.41) is 2.61. The number of nitrogen functional groups attached to an aromatic ring is 1. The molecule has 0 aliphatic rings. The lowest BCUT2D eigenvalue weighted by Gasteiger charge is -2.09. The van der Waals surface area contributed by atoms with Crippen LogP contribution in [0.25, 0.3) is 0 Å². The van der Waals surface area contributed by atoms with E-state index in [2.05, 4.69) is 21.2 Å². The molecule has 2 aromatic rings. The summed E-state index contributed by atoms with van der Waals surface area (Å²) < 4.78 is 19.3. The van der Waals surface area contributed by atoms with Gasteiger partial charge in [-0.05, 0) is 46.3 Å². The number of hydrogen-bond donors (Lipinski definition) is 2. The number of nitrogens with one attached hydrogen (secondary N) is 1. The smallest absolute Gasteiger partial charge is 0.258 e. The van der Waals surface area contributed by atoms with E-state index in [-0.39, 0.29) is 5.56 Å². The maximum Gasteiger partial charge on any atom is 0.258 e. The monoisotopic (exact) mass is 338 g/mol. The first-order chi connectivity index (χ1) is 9.51. The molecule has 104 valence electrons. The van der Waals surface area contributed by atoms with Crippen LogP contribution in [0, 0.1) is 5.82 Å². The fraction of sp³-hybridized carbons (Fsp3) is 0.0714. The Hall–Kier alpha value is -2.08. The molecule has 3 N–H and O–H groups in total. The van der Waals surface area contributed by atoms with E-state index in [0.717, 1.165) is 6.07 Å². The number of anilines is 2. The van der Waals surface area contributed by atoms with Gasteiger partial charge in [-0.1, -0.05) is 0 Å². The van der Waals surface area contributed by atoms with Crippen molar-refractivity contribution >= 4 is 33.2 Å². The van der Waals surface area contributed by atoms with Crippen LogP contribution in [0.4, 0.5) is 15.8 Å². The van der Waals surface area contributed by atoms with Gasteiger partial charge in [-0.2, -0.15) is 0 Å². The van der Waals surface area contributed by atoms with Gasteiger partial charge in [0.05, 0.1) is 18.4 Å². The predicted octanol–water partition coefficient (Wildman–Crippen LogP) is 3.43. The second-order valence-corrected chi connectivity index (χ2v) is 4.89. The highest BCUT2D eigenvalue weighted by molar-refractivity contribution is 9.10. The van der Waals surface area contributed by atoms with Crippen molar-refractivity contribution < 1.29 is 13.9 Å². The summed E-state index contributed by atoms with van der Waals surface area (Å²) >= 11 is 3.28. The Morgan fingerprint density at radius 2 is 2.05 bits per heavy atom. The van der Waals surface area contributed by atoms with Gasteiger partial charge in [0, 0.05) is 16.2 Å². The topological polar surface area (TPSA) is 64.3 Å². The molecule has 1 amide bonds. The van der Waals surface area contributed by atoms with Crippen LogP contribution in [0.15, 0.2) is 40.9 Å². The molecular weight excluding hydrogens is 327 g/mol. The maximum absolute atomic E-state index is 13.8. The molecular formula is C14H12BrFN2O2. The van der Waals surface area contributed by atoms with Crippen LogP contribution < -0.4 is 15.8 Å². The Bertz CT molecular complexity index is 662. The zero-order valence-electron chi connectivity index (χ0n) is 10.6. The van der Waals surface area contributed by atoms with Gasteiger partial charge in [-0.25, -0.2) is 4.39 Å². The average molecular weight is 339 g/mol. The van der Waals surface area contributed by atoms with Crippen molar-refractivity contribution in [3.63, 3.8) is 0 Å². The van der Waals surface area contributed by atoms with Gasteiger partial charge in [0.15, 0.2) is 0 Å². The van der Waals surface area contributed by atoms with Crippen molar-refractivity contribution in [1.29, 1.82) is 0 Å². The van der Waals surface area contributed by atoms with Crippen LogP contribution in [0.1, 0.15) is 10.4 Å². The summed E-state index contributed by atoms with van der Waals surface area (Å²) in [4.78, 5) is 12.0. The Labute approximate surface area is 123 Å². The zero-order valence-corrected chi connectivity index (χ0v) is 12.2. The van der Waals surface area contributed by atoms with Crippen molar-refractivity contribution in [3.05, 3.63) is 52.3 Å². The molecule has 0 atom stereocenters. The first kappa shape index (κ1) is 14.3. The van der Waals surface area contributed by atoms with Crippen molar-refractivity contribution in [2.75, 3.05) is 18.2 Å². The Morgan fingerprint density at radius 3 is 2.65 bits per heavy atom. The number of hydrogen-bond acceptors (Lipinski definition) is 3. The quantitative estimate of drug-likeness (QED) is 0.842. The molecule has 0 fully saturated rings. The largest absolute Gasteiger partial charge is 0.497 e. The molecule has 2 rings (SSSR count). The molecule has 0 aliphatic heterocycles. The highest BCUT2D eigenvalue weighted by Crippen LogP contribution is 2.25. The zero-order chi connectivity index (χ0) is 14.7. The minimum absolute atomic E-state index is 0.0606. The number of rotatable bonds is 3.